The monoisotopic (exact) mass is 323 g/mol. The average Bonchev–Trinajstić information content (AvgIpc) is 2.48. The van der Waals surface area contributed by atoms with Crippen LogP contribution in [-0.4, -0.2) is 42.4 Å². The molecule has 23 heavy (non-hydrogen) atoms. The van der Waals surface area contributed by atoms with Gasteiger partial charge in [0.25, 0.3) is 0 Å². The third-order valence-corrected chi connectivity index (χ3v) is 4.02. The fourth-order valence-corrected chi connectivity index (χ4v) is 2.81. The molecule has 2 unspecified atom stereocenters. The number of ether oxygens (including phenoxy) is 2. The second kappa shape index (κ2) is 7.55. The molecule has 1 aliphatic rings. The third kappa shape index (κ3) is 3.88. The molecule has 0 amide bonds. The van der Waals surface area contributed by atoms with Crippen molar-refractivity contribution in [3.63, 3.8) is 0 Å². The minimum Gasteiger partial charge on any atom is -0.512 e. The van der Waals surface area contributed by atoms with Crippen LogP contribution < -0.4 is 0 Å². The van der Waals surface area contributed by atoms with Gasteiger partial charge in [-0.3, -0.25) is 9.59 Å². The van der Waals surface area contributed by atoms with E-state index in [4.69, 9.17) is 14.9 Å². The molecule has 128 valence electrons. The van der Waals surface area contributed by atoms with Gasteiger partial charge in [0.2, 0.25) is 0 Å². The average molecular weight is 323 g/mol. The van der Waals surface area contributed by atoms with Gasteiger partial charge in [-0.15, -0.1) is 6.58 Å². The molecule has 2 N–H and O–H groups in total. The Bertz CT molecular complexity index is 547. The lowest BCUT2D eigenvalue weighted by atomic mass is 9.67. The minimum absolute atomic E-state index is 0.0200. The molecule has 6 nitrogen and oxygen atoms in total. The lowest BCUT2D eigenvalue weighted by Crippen LogP contribution is -2.46. The summed E-state index contributed by atoms with van der Waals surface area (Å²) < 4.78 is 10.3. The quantitative estimate of drug-likeness (QED) is 0.325. The summed E-state index contributed by atoms with van der Waals surface area (Å²) in [6, 6.07) is 0. The molecule has 6 heteroatoms. The number of hydrogen-bond donors (Lipinski definition) is 2. The normalized spacial score (nSPS) is 21.7. The van der Waals surface area contributed by atoms with Crippen LogP contribution in [0, 0.1) is 16.7 Å². The molecule has 0 bridgehead atoms. The lowest BCUT2D eigenvalue weighted by molar-refractivity contribution is -0.154. The van der Waals surface area contributed by atoms with E-state index in [0.717, 1.165) is 0 Å². The van der Waals surface area contributed by atoms with Gasteiger partial charge in [0.1, 0.15) is 17.8 Å². The maximum absolute atomic E-state index is 12.9. The number of esters is 1. The number of methoxy groups -OCH3 is 1. The van der Waals surface area contributed by atoms with Gasteiger partial charge in [-0.2, -0.15) is 0 Å². The zero-order chi connectivity index (χ0) is 17.8. The third-order valence-electron chi connectivity index (χ3n) is 4.02. The summed E-state index contributed by atoms with van der Waals surface area (Å²) in [5, 5.41) is 18.4. The second-order valence-corrected chi connectivity index (χ2v) is 6.23. The Morgan fingerprint density at radius 3 is 2.65 bits per heavy atom. The second-order valence-electron chi connectivity index (χ2n) is 6.23. The fourth-order valence-electron chi connectivity index (χ4n) is 2.81. The van der Waals surface area contributed by atoms with E-state index in [-0.39, 0.29) is 30.1 Å². The maximum atomic E-state index is 12.9. The van der Waals surface area contributed by atoms with Crippen molar-refractivity contribution in [3.05, 3.63) is 24.0 Å². The van der Waals surface area contributed by atoms with Gasteiger partial charge in [-0.25, -0.2) is 0 Å². The standard InChI is InChI=1S/C17H25NO5/c1-6-8-23-15(10(18)7-2)12-11(19)9-17(3,4)13(14(12)20)16(21)22-5/h6,13,15,18-19H,1,7-9H2,2-5H3. The van der Waals surface area contributed by atoms with Crippen molar-refractivity contribution >= 4 is 17.5 Å². The van der Waals surface area contributed by atoms with E-state index < -0.39 is 29.2 Å². The number of nitrogens with one attached hydrogen (secondary N) is 1. The van der Waals surface area contributed by atoms with Crippen LogP contribution in [0.1, 0.15) is 33.6 Å². The molecule has 0 saturated carbocycles. The first kappa shape index (κ1) is 19.1. The van der Waals surface area contributed by atoms with Crippen LogP contribution in [0.25, 0.3) is 0 Å². The van der Waals surface area contributed by atoms with Gasteiger partial charge >= 0.3 is 5.97 Å². The van der Waals surface area contributed by atoms with Gasteiger partial charge in [0.15, 0.2) is 5.78 Å². The molecule has 0 aromatic heterocycles. The molecule has 0 aromatic carbocycles. The first-order valence-electron chi connectivity index (χ1n) is 7.55. The van der Waals surface area contributed by atoms with Crippen LogP contribution in [-0.2, 0) is 19.1 Å². The Balaban J connectivity index is 3.35. The summed E-state index contributed by atoms with van der Waals surface area (Å²) in [5.74, 6) is -2.35. The molecule has 0 fully saturated rings. The Morgan fingerprint density at radius 2 is 2.17 bits per heavy atom. The van der Waals surface area contributed by atoms with Crippen LogP contribution in [0.15, 0.2) is 24.0 Å². The summed E-state index contributed by atoms with van der Waals surface area (Å²) in [7, 11) is 1.23. The summed E-state index contributed by atoms with van der Waals surface area (Å²) in [5.41, 5.74) is -0.631. The molecular formula is C17H25NO5. The smallest absolute Gasteiger partial charge is 0.317 e. The fraction of sp³-hybridized carbons (Fsp3) is 0.588. The van der Waals surface area contributed by atoms with Crippen molar-refractivity contribution in [1.29, 1.82) is 5.41 Å². The highest BCUT2D eigenvalue weighted by Gasteiger charge is 2.49. The van der Waals surface area contributed by atoms with Crippen molar-refractivity contribution in [2.45, 2.75) is 39.7 Å². The van der Waals surface area contributed by atoms with Gasteiger partial charge in [-0.05, 0) is 11.8 Å². The highest BCUT2D eigenvalue weighted by Crippen LogP contribution is 2.42. The SMILES string of the molecule is C=CCOC(C(=N)CC)C1=C(O)CC(C)(C)C(C(=O)OC)C1=O. The zero-order valence-electron chi connectivity index (χ0n) is 14.1. The lowest BCUT2D eigenvalue weighted by Gasteiger charge is -2.37. The van der Waals surface area contributed by atoms with E-state index in [2.05, 4.69) is 6.58 Å². The van der Waals surface area contributed by atoms with Crippen LogP contribution in [0.3, 0.4) is 0 Å². The van der Waals surface area contributed by atoms with Crippen molar-refractivity contribution in [2.75, 3.05) is 13.7 Å². The van der Waals surface area contributed by atoms with Crippen LogP contribution in [0.4, 0.5) is 0 Å². The Kier molecular flexibility index (Phi) is 6.27. The number of aliphatic hydroxyl groups is 1. The zero-order valence-corrected chi connectivity index (χ0v) is 14.1. The van der Waals surface area contributed by atoms with Crippen LogP contribution >= 0.6 is 0 Å². The van der Waals surface area contributed by atoms with Gasteiger partial charge in [0.05, 0.1) is 19.3 Å². The molecule has 0 spiro atoms. The predicted octanol–water partition coefficient (Wildman–Crippen LogP) is 2.59. The molecule has 0 heterocycles. The van der Waals surface area contributed by atoms with Gasteiger partial charge < -0.3 is 20.0 Å². The number of carbonyl (C=O) groups is 2. The van der Waals surface area contributed by atoms with Crippen molar-refractivity contribution in [1.82, 2.24) is 0 Å². The summed E-state index contributed by atoms with van der Waals surface area (Å²) >= 11 is 0. The van der Waals surface area contributed by atoms with E-state index in [1.807, 2.05) is 0 Å². The number of carbonyl (C=O) groups excluding carboxylic acids is 2. The van der Waals surface area contributed by atoms with E-state index in [1.54, 1.807) is 20.8 Å². The van der Waals surface area contributed by atoms with E-state index in [0.29, 0.717) is 6.42 Å². The molecule has 0 saturated heterocycles. The highest BCUT2D eigenvalue weighted by atomic mass is 16.5. The van der Waals surface area contributed by atoms with E-state index in [1.165, 1.54) is 13.2 Å². The maximum Gasteiger partial charge on any atom is 0.317 e. The number of hydrogen-bond acceptors (Lipinski definition) is 6. The number of aliphatic hydroxyl groups excluding tert-OH is 1. The van der Waals surface area contributed by atoms with Gasteiger partial charge in [0, 0.05) is 12.1 Å². The number of allylic oxidation sites excluding steroid dienone is 1. The van der Waals surface area contributed by atoms with Crippen molar-refractivity contribution in [3.8, 4) is 0 Å². The molecule has 0 aliphatic heterocycles. The Morgan fingerprint density at radius 1 is 1.57 bits per heavy atom. The summed E-state index contributed by atoms with van der Waals surface area (Å²) in [6.07, 6.45) is 1.02. The predicted molar refractivity (Wildman–Crippen MR) is 86.5 cm³/mol. The molecule has 0 radical (unpaired) electrons. The first-order valence-corrected chi connectivity index (χ1v) is 7.55. The largest absolute Gasteiger partial charge is 0.512 e. The summed E-state index contributed by atoms with van der Waals surface area (Å²) in [4.78, 5) is 24.9. The molecule has 1 rings (SSSR count). The van der Waals surface area contributed by atoms with Crippen molar-refractivity contribution in [2.24, 2.45) is 11.3 Å². The molecule has 2 atom stereocenters. The topological polar surface area (TPSA) is 96.7 Å². The molecule has 1 aliphatic carbocycles. The minimum atomic E-state index is -1.03. The van der Waals surface area contributed by atoms with E-state index >= 15 is 0 Å². The number of rotatable bonds is 7. The van der Waals surface area contributed by atoms with Crippen LogP contribution in [0.2, 0.25) is 0 Å². The number of ketones is 1. The van der Waals surface area contributed by atoms with Gasteiger partial charge in [-0.1, -0.05) is 26.8 Å². The van der Waals surface area contributed by atoms with Crippen LogP contribution in [0.5, 0.6) is 0 Å². The number of Topliss-reactive ketones (excluding diaryl/α,β-unsaturated/α-hetero) is 1. The molecule has 0 aromatic rings. The Labute approximate surface area is 136 Å². The molecular weight excluding hydrogens is 298 g/mol. The highest BCUT2D eigenvalue weighted by molar-refractivity contribution is 6.13. The van der Waals surface area contributed by atoms with E-state index in [9.17, 15) is 14.7 Å². The van der Waals surface area contributed by atoms with Crippen molar-refractivity contribution < 1.29 is 24.2 Å². The Hall–Kier alpha value is -1.95. The first-order chi connectivity index (χ1) is 10.7. The summed E-state index contributed by atoms with van der Waals surface area (Å²) in [6.45, 7) is 8.89.